The number of nitrogens with zero attached hydrogens (tertiary/aromatic N) is 2. The van der Waals surface area contributed by atoms with Crippen molar-refractivity contribution in [2.24, 2.45) is 51.0 Å². The molecule has 0 aromatic heterocycles. The van der Waals surface area contributed by atoms with Gasteiger partial charge in [-0.3, -0.25) is 9.79 Å². The van der Waals surface area contributed by atoms with Gasteiger partial charge in [-0.15, -0.1) is 0 Å². The van der Waals surface area contributed by atoms with E-state index in [1.165, 1.54) is 65.7 Å². The zero-order valence-corrected chi connectivity index (χ0v) is 34.6. The molecule has 0 saturated heterocycles. The van der Waals surface area contributed by atoms with Crippen molar-refractivity contribution in [1.82, 2.24) is 15.5 Å². The topological polar surface area (TPSA) is 161 Å². The zero-order chi connectivity index (χ0) is 38.1. The molecular weight excluding hydrogens is 697 g/mol. The number of aliphatic imine (C=N–C) groups is 1. The van der Waals surface area contributed by atoms with Crippen LogP contribution in [0.4, 0.5) is 9.59 Å². The van der Waals surface area contributed by atoms with Crippen LogP contribution in [-0.2, 0) is 14.3 Å². The van der Waals surface area contributed by atoms with Crippen LogP contribution in [0.2, 0.25) is 0 Å². The number of nitrogens with one attached hydrogen (secondary N) is 2. The Morgan fingerprint density at radius 1 is 1.06 bits per heavy atom. The molecule has 0 spiro atoms. The summed E-state index contributed by atoms with van der Waals surface area (Å²) in [4.78, 5) is 44.9. The first-order chi connectivity index (χ1) is 24.5. The number of alkyl carbamates (subject to hydrolysis) is 2. The SMILES string of the molecule is CCCN(CCCN=C(N)N)C(=O)C(CSSCCNC(=O)OC1CCC2(C)C(=CCC3C4CCC(C)CC4(C)CCC32)C1)NC(=O)OC(C)(C)C. The zero-order valence-electron chi connectivity index (χ0n) is 33.0. The molecule has 4 aliphatic carbocycles. The van der Waals surface area contributed by atoms with Crippen molar-refractivity contribution in [3.05, 3.63) is 11.6 Å². The number of hydrogen-bond donors (Lipinski definition) is 4. The monoisotopic (exact) mass is 764 g/mol. The molecule has 3 amide bonds. The van der Waals surface area contributed by atoms with Crippen molar-refractivity contribution >= 4 is 45.6 Å². The molecule has 0 radical (unpaired) electrons. The highest BCUT2D eigenvalue weighted by atomic mass is 33.1. The number of hydrogen-bond acceptors (Lipinski definition) is 8. The van der Waals surface area contributed by atoms with E-state index < -0.39 is 17.7 Å². The third-order valence-corrected chi connectivity index (χ3v) is 14.5. The molecule has 296 valence electrons. The van der Waals surface area contributed by atoms with E-state index >= 15 is 0 Å². The average Bonchev–Trinajstić information content (AvgIpc) is 3.05. The fourth-order valence-corrected chi connectivity index (χ4v) is 11.8. The molecule has 13 heteroatoms. The van der Waals surface area contributed by atoms with Crippen molar-refractivity contribution in [3.8, 4) is 0 Å². The van der Waals surface area contributed by atoms with Gasteiger partial charge < -0.3 is 36.5 Å². The number of carbonyl (C=O) groups is 3. The van der Waals surface area contributed by atoms with Gasteiger partial charge >= 0.3 is 12.2 Å². The molecule has 0 heterocycles. The largest absolute Gasteiger partial charge is 0.446 e. The normalized spacial score (nSPS) is 30.3. The standard InChI is InChI=1S/C39H68N6O5S2/c1-8-20-45(21-9-18-42-34(40)41)33(46)32(44-36(48)50-37(3,4)5)25-52-51-22-19-43-35(47)49-28-14-17-39(7)27(23-28)11-12-29-30-13-10-26(2)24-38(30,6)16-15-31(29)39/h11,26,28-32H,8-10,12-25H2,1-7H3,(H,43,47)(H,44,48)(H4,40,41,42). The Kier molecular flexibility index (Phi) is 15.4. The summed E-state index contributed by atoms with van der Waals surface area (Å²) in [6.07, 6.45) is 13.7. The Bertz CT molecular complexity index is 1290. The second-order valence-corrected chi connectivity index (χ2v) is 20.0. The van der Waals surface area contributed by atoms with E-state index in [0.29, 0.717) is 49.5 Å². The Morgan fingerprint density at radius 2 is 1.83 bits per heavy atom. The third kappa shape index (κ3) is 11.6. The molecule has 3 saturated carbocycles. The average molecular weight is 765 g/mol. The van der Waals surface area contributed by atoms with Crippen molar-refractivity contribution in [3.63, 3.8) is 0 Å². The smallest absolute Gasteiger partial charge is 0.408 e. The molecule has 8 atom stereocenters. The van der Waals surface area contributed by atoms with Gasteiger partial charge in [0.15, 0.2) is 5.96 Å². The molecule has 0 aromatic carbocycles. The number of ether oxygens (including phenoxy) is 2. The molecule has 11 nitrogen and oxygen atoms in total. The fraction of sp³-hybridized carbons (Fsp3) is 0.846. The van der Waals surface area contributed by atoms with E-state index in [9.17, 15) is 14.4 Å². The highest BCUT2D eigenvalue weighted by Crippen LogP contribution is 2.64. The van der Waals surface area contributed by atoms with Crippen LogP contribution in [0.15, 0.2) is 16.6 Å². The van der Waals surface area contributed by atoms with E-state index in [-0.39, 0.29) is 29.5 Å². The van der Waals surface area contributed by atoms with Gasteiger partial charge in [0.05, 0.1) is 0 Å². The maximum atomic E-state index is 13.6. The molecule has 0 bridgehead atoms. The summed E-state index contributed by atoms with van der Waals surface area (Å²) >= 11 is 0. The van der Waals surface area contributed by atoms with Crippen LogP contribution in [0, 0.1) is 34.5 Å². The van der Waals surface area contributed by atoms with Crippen LogP contribution in [0.25, 0.3) is 0 Å². The van der Waals surface area contributed by atoms with Crippen molar-refractivity contribution < 1.29 is 23.9 Å². The van der Waals surface area contributed by atoms with Crippen molar-refractivity contribution in [2.75, 3.05) is 37.7 Å². The van der Waals surface area contributed by atoms with Crippen LogP contribution in [0.1, 0.15) is 119 Å². The lowest BCUT2D eigenvalue weighted by Crippen LogP contribution is -2.52. The van der Waals surface area contributed by atoms with Gasteiger partial charge in [0.25, 0.3) is 0 Å². The Morgan fingerprint density at radius 3 is 2.54 bits per heavy atom. The van der Waals surface area contributed by atoms with E-state index in [0.717, 1.165) is 49.4 Å². The lowest BCUT2D eigenvalue weighted by molar-refractivity contribution is -0.133. The van der Waals surface area contributed by atoms with Crippen LogP contribution in [0.5, 0.6) is 0 Å². The number of amides is 3. The summed E-state index contributed by atoms with van der Waals surface area (Å²) in [6.45, 7) is 16.8. The predicted molar refractivity (Wildman–Crippen MR) is 214 cm³/mol. The molecular formula is C39H68N6O5S2. The lowest BCUT2D eigenvalue weighted by Gasteiger charge is -2.60. The summed E-state index contributed by atoms with van der Waals surface area (Å²) in [7, 11) is 3.01. The lowest BCUT2D eigenvalue weighted by atomic mass is 9.45. The second kappa shape index (κ2) is 18.8. The number of fused-ring (bicyclic) bond motifs is 5. The fourth-order valence-electron chi connectivity index (χ4n) is 9.78. The van der Waals surface area contributed by atoms with Gasteiger partial charge in [-0.1, -0.05) is 67.4 Å². The highest BCUT2D eigenvalue weighted by Gasteiger charge is 2.55. The summed E-state index contributed by atoms with van der Waals surface area (Å²) < 4.78 is 11.4. The first kappa shape index (κ1) is 42.5. The van der Waals surface area contributed by atoms with Crippen LogP contribution in [0.3, 0.4) is 0 Å². The molecule has 6 N–H and O–H groups in total. The van der Waals surface area contributed by atoms with Crippen molar-refractivity contribution in [2.45, 2.75) is 137 Å². The van der Waals surface area contributed by atoms with Gasteiger partial charge in [0.2, 0.25) is 5.91 Å². The number of guanidine groups is 1. The highest BCUT2D eigenvalue weighted by molar-refractivity contribution is 8.76. The molecule has 0 aliphatic heterocycles. The van der Waals surface area contributed by atoms with E-state index in [1.807, 2.05) is 6.92 Å². The minimum Gasteiger partial charge on any atom is -0.446 e. The van der Waals surface area contributed by atoms with Gasteiger partial charge in [-0.25, -0.2) is 9.59 Å². The van der Waals surface area contributed by atoms with Crippen LogP contribution >= 0.6 is 21.6 Å². The quantitative estimate of drug-likeness (QED) is 0.0443. The molecule has 0 aromatic rings. The molecule has 4 aliphatic rings. The number of allylic oxidation sites excluding steroid dienone is 1. The Labute approximate surface area is 321 Å². The predicted octanol–water partition coefficient (Wildman–Crippen LogP) is 7.25. The van der Waals surface area contributed by atoms with Crippen LogP contribution < -0.4 is 22.1 Å². The first-order valence-electron chi connectivity index (χ1n) is 19.8. The molecule has 8 unspecified atom stereocenters. The number of carbonyl (C=O) groups excluding carboxylic acids is 3. The maximum Gasteiger partial charge on any atom is 0.408 e. The third-order valence-electron chi connectivity index (χ3n) is 12.1. The number of rotatable bonds is 15. The van der Waals surface area contributed by atoms with Gasteiger partial charge in [0, 0.05) is 44.1 Å². The number of nitrogens with two attached hydrogens (primary N) is 2. The summed E-state index contributed by atoms with van der Waals surface area (Å²) in [6, 6.07) is -0.772. The van der Waals surface area contributed by atoms with E-state index in [1.54, 1.807) is 25.7 Å². The second-order valence-electron chi connectivity index (χ2n) is 17.3. The minimum absolute atomic E-state index is 0.0194. The molecule has 4 rings (SSSR count). The Balaban J connectivity index is 1.21. The Hall–Kier alpha value is -2.28. The van der Waals surface area contributed by atoms with Gasteiger partial charge in [-0.05, 0) is 113 Å². The maximum absolute atomic E-state index is 13.6. The van der Waals surface area contributed by atoms with E-state index in [2.05, 4.69) is 42.5 Å². The summed E-state index contributed by atoms with van der Waals surface area (Å²) in [5.74, 6) is 4.08. The van der Waals surface area contributed by atoms with Crippen LogP contribution in [-0.4, -0.2) is 84.4 Å². The summed E-state index contributed by atoms with van der Waals surface area (Å²) in [5.41, 5.74) is 12.5. The minimum atomic E-state index is -0.772. The first-order valence-corrected chi connectivity index (χ1v) is 22.3. The van der Waals surface area contributed by atoms with Gasteiger partial charge in [-0.2, -0.15) is 0 Å². The van der Waals surface area contributed by atoms with Crippen molar-refractivity contribution in [1.29, 1.82) is 0 Å². The molecule has 3 fully saturated rings. The van der Waals surface area contributed by atoms with Gasteiger partial charge in [0.1, 0.15) is 17.7 Å². The summed E-state index contributed by atoms with van der Waals surface area (Å²) in [5, 5.41) is 5.71. The molecule has 52 heavy (non-hydrogen) atoms. The van der Waals surface area contributed by atoms with E-state index in [4.69, 9.17) is 20.9 Å².